The molecule has 0 fully saturated rings. The van der Waals surface area contributed by atoms with E-state index < -0.39 is 0 Å². The number of carbonyl (C=O) groups excluding carboxylic acids is 1. The summed E-state index contributed by atoms with van der Waals surface area (Å²) in [5.41, 5.74) is 0. The first-order valence-corrected chi connectivity index (χ1v) is 6.41. The second-order valence-corrected chi connectivity index (χ2v) is 4.99. The van der Waals surface area contributed by atoms with Gasteiger partial charge in [0.15, 0.2) is 0 Å². The second-order valence-electron chi connectivity index (χ2n) is 4.01. The minimum absolute atomic E-state index is 0.108. The van der Waals surface area contributed by atoms with Crippen LogP contribution in [0, 0.1) is 0 Å². The number of rotatable bonds is 6. The predicted octanol–water partition coefficient (Wildman–Crippen LogP) is 2.74. The molecule has 0 aliphatic heterocycles. The molecule has 1 rings (SSSR count). The van der Waals surface area contributed by atoms with E-state index >= 15 is 0 Å². The smallest absolute Gasteiger partial charge is 0.303 e. The monoisotopic (exact) mass is 241 g/mol. The zero-order chi connectivity index (χ0) is 12.0. The van der Waals surface area contributed by atoms with Gasteiger partial charge in [0.2, 0.25) is 0 Å². The van der Waals surface area contributed by atoms with E-state index in [1.165, 1.54) is 6.92 Å². The average Bonchev–Trinajstić information content (AvgIpc) is 2.67. The molecule has 16 heavy (non-hydrogen) atoms. The van der Waals surface area contributed by atoms with Crippen molar-refractivity contribution in [1.29, 1.82) is 0 Å². The molecule has 90 valence electrons. The average molecular weight is 241 g/mol. The molecule has 0 aromatic carbocycles. The molecular formula is C12H19NO2S. The summed E-state index contributed by atoms with van der Waals surface area (Å²) in [5, 5.41) is 5.33. The van der Waals surface area contributed by atoms with Crippen molar-refractivity contribution in [2.75, 3.05) is 6.54 Å². The van der Waals surface area contributed by atoms with Gasteiger partial charge in [0.05, 0.1) is 0 Å². The fourth-order valence-electron chi connectivity index (χ4n) is 1.44. The van der Waals surface area contributed by atoms with Gasteiger partial charge >= 0.3 is 5.97 Å². The Kier molecular flexibility index (Phi) is 5.49. The van der Waals surface area contributed by atoms with Gasteiger partial charge in [-0.1, -0.05) is 19.9 Å². The molecule has 0 spiro atoms. The fourth-order valence-corrected chi connectivity index (χ4v) is 2.23. The minimum Gasteiger partial charge on any atom is -0.457 e. The Bertz CT molecular complexity index is 309. The Hall–Kier alpha value is -0.870. The van der Waals surface area contributed by atoms with Crippen molar-refractivity contribution in [3.05, 3.63) is 22.4 Å². The lowest BCUT2D eigenvalue weighted by Crippen LogP contribution is -2.25. The van der Waals surface area contributed by atoms with E-state index in [1.807, 2.05) is 17.5 Å². The first-order valence-electron chi connectivity index (χ1n) is 5.53. The number of nitrogens with one attached hydrogen (secondary N) is 1. The molecule has 0 saturated heterocycles. The van der Waals surface area contributed by atoms with E-state index in [9.17, 15) is 4.79 Å². The van der Waals surface area contributed by atoms with Gasteiger partial charge in [0.25, 0.3) is 0 Å². The van der Waals surface area contributed by atoms with Crippen LogP contribution in [0.15, 0.2) is 17.5 Å². The molecule has 1 N–H and O–H groups in total. The lowest BCUT2D eigenvalue weighted by Gasteiger charge is -2.16. The van der Waals surface area contributed by atoms with Crippen molar-refractivity contribution in [2.45, 2.75) is 39.3 Å². The summed E-state index contributed by atoms with van der Waals surface area (Å²) in [6, 6.07) is 4.45. The summed E-state index contributed by atoms with van der Waals surface area (Å²) in [6.45, 7) is 6.52. The summed E-state index contributed by atoms with van der Waals surface area (Å²) < 4.78 is 5.31. The van der Waals surface area contributed by atoms with Gasteiger partial charge in [-0.05, 0) is 18.0 Å². The minimum atomic E-state index is -0.219. The molecule has 1 atom stereocenters. The lowest BCUT2D eigenvalue weighted by molar-refractivity contribution is -0.146. The zero-order valence-electron chi connectivity index (χ0n) is 10.0. The highest BCUT2D eigenvalue weighted by atomic mass is 32.1. The van der Waals surface area contributed by atoms with Crippen LogP contribution in [-0.4, -0.2) is 18.6 Å². The van der Waals surface area contributed by atoms with Gasteiger partial charge in [-0.25, -0.2) is 0 Å². The van der Waals surface area contributed by atoms with Gasteiger partial charge in [0, 0.05) is 24.3 Å². The third kappa shape index (κ3) is 4.77. The van der Waals surface area contributed by atoms with Gasteiger partial charge < -0.3 is 10.1 Å². The molecule has 0 bridgehead atoms. The van der Waals surface area contributed by atoms with Crippen LogP contribution in [0.5, 0.6) is 0 Å². The predicted molar refractivity (Wildman–Crippen MR) is 66.6 cm³/mol. The van der Waals surface area contributed by atoms with Crippen LogP contribution in [0.25, 0.3) is 0 Å². The van der Waals surface area contributed by atoms with E-state index in [4.69, 9.17) is 4.74 Å². The third-order valence-electron chi connectivity index (χ3n) is 2.13. The number of esters is 1. The van der Waals surface area contributed by atoms with Gasteiger partial charge in [-0.3, -0.25) is 4.79 Å². The molecule has 0 aliphatic carbocycles. The standard InChI is InChI=1S/C12H19NO2S/c1-9(2)13-7-6-11(15-10(3)14)12-5-4-8-16-12/h4-5,8-9,11,13H,6-7H2,1-3H3. The molecule has 3 nitrogen and oxygen atoms in total. The maximum Gasteiger partial charge on any atom is 0.303 e. The van der Waals surface area contributed by atoms with Gasteiger partial charge in [-0.2, -0.15) is 0 Å². The Labute approximate surface area is 101 Å². The van der Waals surface area contributed by atoms with Crippen molar-refractivity contribution in [1.82, 2.24) is 5.32 Å². The van der Waals surface area contributed by atoms with E-state index in [2.05, 4.69) is 19.2 Å². The molecule has 0 saturated carbocycles. The van der Waals surface area contributed by atoms with E-state index in [0.717, 1.165) is 17.8 Å². The van der Waals surface area contributed by atoms with Crippen LogP contribution in [0.3, 0.4) is 0 Å². The molecule has 0 amide bonds. The van der Waals surface area contributed by atoms with Crippen molar-refractivity contribution in [2.24, 2.45) is 0 Å². The molecule has 0 radical (unpaired) electrons. The summed E-state index contributed by atoms with van der Waals surface area (Å²) in [6.07, 6.45) is 0.710. The first-order chi connectivity index (χ1) is 7.59. The van der Waals surface area contributed by atoms with Crippen molar-refractivity contribution >= 4 is 17.3 Å². The number of ether oxygens (including phenoxy) is 1. The maximum absolute atomic E-state index is 11.0. The summed E-state index contributed by atoms with van der Waals surface area (Å²) in [4.78, 5) is 12.1. The molecular weight excluding hydrogens is 222 g/mol. The highest BCUT2D eigenvalue weighted by Gasteiger charge is 2.15. The van der Waals surface area contributed by atoms with Crippen LogP contribution in [0.2, 0.25) is 0 Å². The van der Waals surface area contributed by atoms with Crippen LogP contribution < -0.4 is 5.32 Å². The molecule has 1 heterocycles. The van der Waals surface area contributed by atoms with Gasteiger partial charge in [-0.15, -0.1) is 11.3 Å². The Morgan fingerprint density at radius 1 is 1.56 bits per heavy atom. The Morgan fingerprint density at radius 2 is 2.31 bits per heavy atom. The molecule has 1 unspecified atom stereocenters. The zero-order valence-corrected chi connectivity index (χ0v) is 10.8. The number of carbonyl (C=O) groups is 1. The van der Waals surface area contributed by atoms with E-state index in [-0.39, 0.29) is 12.1 Å². The quantitative estimate of drug-likeness (QED) is 0.778. The first kappa shape index (κ1) is 13.2. The van der Waals surface area contributed by atoms with E-state index in [0.29, 0.717) is 6.04 Å². The molecule has 0 aliphatic rings. The van der Waals surface area contributed by atoms with Crippen LogP contribution in [0.4, 0.5) is 0 Å². The van der Waals surface area contributed by atoms with Crippen molar-refractivity contribution < 1.29 is 9.53 Å². The number of hydrogen-bond acceptors (Lipinski definition) is 4. The number of thiophene rings is 1. The fraction of sp³-hybridized carbons (Fsp3) is 0.583. The Balaban J connectivity index is 2.48. The maximum atomic E-state index is 11.0. The largest absolute Gasteiger partial charge is 0.457 e. The van der Waals surface area contributed by atoms with E-state index in [1.54, 1.807) is 11.3 Å². The molecule has 1 aromatic rings. The van der Waals surface area contributed by atoms with Crippen molar-refractivity contribution in [3.63, 3.8) is 0 Å². The van der Waals surface area contributed by atoms with Crippen molar-refractivity contribution in [3.8, 4) is 0 Å². The SMILES string of the molecule is CC(=O)OC(CCNC(C)C)c1cccs1. The lowest BCUT2D eigenvalue weighted by atomic mass is 10.2. The number of hydrogen-bond donors (Lipinski definition) is 1. The van der Waals surface area contributed by atoms with Crippen LogP contribution in [0.1, 0.15) is 38.2 Å². The topological polar surface area (TPSA) is 38.3 Å². The summed E-state index contributed by atoms with van der Waals surface area (Å²) >= 11 is 1.63. The van der Waals surface area contributed by atoms with Gasteiger partial charge in [0.1, 0.15) is 6.10 Å². The van der Waals surface area contributed by atoms with Crippen LogP contribution >= 0.6 is 11.3 Å². The summed E-state index contributed by atoms with van der Waals surface area (Å²) in [7, 11) is 0. The highest BCUT2D eigenvalue weighted by molar-refractivity contribution is 7.10. The molecule has 4 heteroatoms. The second kappa shape index (κ2) is 6.66. The Morgan fingerprint density at radius 3 is 2.81 bits per heavy atom. The molecule has 1 aromatic heterocycles. The summed E-state index contributed by atoms with van der Waals surface area (Å²) in [5.74, 6) is -0.219. The normalized spacial score (nSPS) is 12.8. The third-order valence-corrected chi connectivity index (χ3v) is 3.09. The highest BCUT2D eigenvalue weighted by Crippen LogP contribution is 2.25. The van der Waals surface area contributed by atoms with Crippen LogP contribution in [-0.2, 0) is 9.53 Å².